The number of nitrogens with zero attached hydrogens (tertiary/aromatic N) is 2. The van der Waals surface area contributed by atoms with Crippen LogP contribution in [0.2, 0.25) is 0 Å². The first-order valence-electron chi connectivity index (χ1n) is 8.29. The zero-order chi connectivity index (χ0) is 16.7. The van der Waals surface area contributed by atoms with E-state index in [9.17, 15) is 9.59 Å². The quantitative estimate of drug-likeness (QED) is 0.664. The van der Waals surface area contributed by atoms with E-state index in [1.807, 2.05) is 4.90 Å². The topological polar surface area (TPSA) is 61.9 Å². The molecular weight excluding hydrogens is 294 g/mol. The van der Waals surface area contributed by atoms with Crippen LogP contribution in [-0.2, 0) is 14.3 Å². The molecule has 0 saturated carbocycles. The molecule has 2 unspecified atom stereocenters. The first-order chi connectivity index (χ1) is 11.2. The van der Waals surface area contributed by atoms with Crippen molar-refractivity contribution in [1.29, 1.82) is 0 Å². The fourth-order valence-corrected chi connectivity index (χ4v) is 3.06. The van der Waals surface area contributed by atoms with Gasteiger partial charge in [0, 0.05) is 39.3 Å². The minimum Gasteiger partial charge on any atom is -0.376 e. The van der Waals surface area contributed by atoms with E-state index in [0.717, 1.165) is 19.4 Å². The number of piperazine rings is 1. The smallest absolute Gasteiger partial charge is 0.240 e. The van der Waals surface area contributed by atoms with Gasteiger partial charge in [-0.2, -0.15) is 0 Å². The summed E-state index contributed by atoms with van der Waals surface area (Å²) in [6.45, 7) is 11.1. The van der Waals surface area contributed by atoms with Crippen LogP contribution in [0.1, 0.15) is 19.3 Å². The Bertz CT molecular complexity index is 436. The van der Waals surface area contributed by atoms with Gasteiger partial charge in [0.05, 0.1) is 18.6 Å². The van der Waals surface area contributed by atoms with Gasteiger partial charge in [-0.25, -0.2) is 0 Å². The van der Waals surface area contributed by atoms with Crippen molar-refractivity contribution >= 4 is 11.8 Å². The maximum Gasteiger partial charge on any atom is 0.240 e. The molecule has 2 atom stereocenters. The molecule has 6 heteroatoms. The summed E-state index contributed by atoms with van der Waals surface area (Å²) in [5.41, 5.74) is 0. The molecule has 0 bridgehead atoms. The van der Waals surface area contributed by atoms with Crippen molar-refractivity contribution in [2.75, 3.05) is 39.3 Å². The van der Waals surface area contributed by atoms with Gasteiger partial charge in [0.1, 0.15) is 0 Å². The molecule has 0 aromatic heterocycles. The summed E-state index contributed by atoms with van der Waals surface area (Å²) in [4.78, 5) is 28.4. The van der Waals surface area contributed by atoms with E-state index in [0.29, 0.717) is 32.7 Å². The fraction of sp³-hybridized carbons (Fsp3) is 0.647. The van der Waals surface area contributed by atoms with Gasteiger partial charge < -0.3 is 19.9 Å². The molecule has 2 saturated heterocycles. The Labute approximate surface area is 138 Å². The van der Waals surface area contributed by atoms with Crippen molar-refractivity contribution in [3.63, 3.8) is 0 Å². The first kappa shape index (κ1) is 17.7. The zero-order valence-electron chi connectivity index (χ0n) is 13.7. The molecule has 0 aromatic carbocycles. The molecular formula is C17H27N3O3. The molecule has 128 valence electrons. The van der Waals surface area contributed by atoms with E-state index in [4.69, 9.17) is 4.74 Å². The van der Waals surface area contributed by atoms with Crippen LogP contribution in [0.5, 0.6) is 0 Å². The van der Waals surface area contributed by atoms with Crippen molar-refractivity contribution in [1.82, 2.24) is 15.1 Å². The average Bonchev–Trinajstić information content (AvgIpc) is 3.04. The van der Waals surface area contributed by atoms with Crippen LogP contribution < -0.4 is 5.32 Å². The molecule has 0 spiro atoms. The Morgan fingerprint density at radius 1 is 1.39 bits per heavy atom. The number of hydrogen-bond donors (Lipinski definition) is 1. The van der Waals surface area contributed by atoms with Gasteiger partial charge in [-0.15, -0.1) is 13.2 Å². The lowest BCUT2D eigenvalue weighted by Crippen LogP contribution is -2.57. The van der Waals surface area contributed by atoms with Gasteiger partial charge in [-0.3, -0.25) is 9.59 Å². The summed E-state index contributed by atoms with van der Waals surface area (Å²) in [5.74, 6) is -0.0631. The number of carbonyl (C=O) groups is 2. The predicted octanol–water partition coefficient (Wildman–Crippen LogP) is 0.557. The third-order valence-electron chi connectivity index (χ3n) is 4.26. The zero-order valence-corrected chi connectivity index (χ0v) is 13.7. The molecule has 0 aliphatic carbocycles. The lowest BCUT2D eigenvalue weighted by Gasteiger charge is -2.35. The molecule has 0 aromatic rings. The molecule has 23 heavy (non-hydrogen) atoms. The second kappa shape index (κ2) is 8.84. The molecule has 2 rings (SSSR count). The molecule has 2 fully saturated rings. The molecule has 2 aliphatic rings. The number of amides is 2. The molecule has 2 amide bonds. The number of rotatable bonds is 8. The Morgan fingerprint density at radius 3 is 2.74 bits per heavy atom. The van der Waals surface area contributed by atoms with Crippen molar-refractivity contribution < 1.29 is 14.3 Å². The largest absolute Gasteiger partial charge is 0.376 e. The SMILES string of the molecule is C=CCN(CC=C)C(=O)CC1NCCN(CC2CCCO2)C1=O. The van der Waals surface area contributed by atoms with Crippen molar-refractivity contribution in [2.24, 2.45) is 0 Å². The highest BCUT2D eigenvalue weighted by Crippen LogP contribution is 2.15. The summed E-state index contributed by atoms with van der Waals surface area (Å²) in [6.07, 6.45) is 5.75. The van der Waals surface area contributed by atoms with E-state index in [2.05, 4.69) is 18.5 Å². The highest BCUT2D eigenvalue weighted by Gasteiger charge is 2.33. The third kappa shape index (κ3) is 4.91. The molecule has 2 heterocycles. The Hall–Kier alpha value is -1.66. The van der Waals surface area contributed by atoms with Crippen LogP contribution in [-0.4, -0.2) is 73.1 Å². The van der Waals surface area contributed by atoms with Crippen LogP contribution in [0.3, 0.4) is 0 Å². The minimum absolute atomic E-state index is 0.00254. The van der Waals surface area contributed by atoms with Crippen LogP contribution in [0, 0.1) is 0 Å². The molecule has 6 nitrogen and oxygen atoms in total. The van der Waals surface area contributed by atoms with E-state index in [-0.39, 0.29) is 24.3 Å². The standard InChI is InChI=1S/C17H27N3O3/c1-3-8-19(9-4-2)16(21)12-15-17(22)20(10-7-18-15)13-14-6-5-11-23-14/h3-4,14-15,18H,1-2,5-13H2. The number of hydrogen-bond acceptors (Lipinski definition) is 4. The Morgan fingerprint density at radius 2 is 2.13 bits per heavy atom. The summed E-state index contributed by atoms with van der Waals surface area (Å²) >= 11 is 0. The van der Waals surface area contributed by atoms with E-state index >= 15 is 0 Å². The summed E-state index contributed by atoms with van der Waals surface area (Å²) in [6, 6.07) is -0.449. The minimum atomic E-state index is -0.449. The third-order valence-corrected chi connectivity index (χ3v) is 4.26. The fourth-order valence-electron chi connectivity index (χ4n) is 3.06. The van der Waals surface area contributed by atoms with E-state index in [1.54, 1.807) is 17.1 Å². The lowest BCUT2D eigenvalue weighted by molar-refractivity contribution is -0.141. The van der Waals surface area contributed by atoms with E-state index in [1.165, 1.54) is 0 Å². The van der Waals surface area contributed by atoms with Crippen LogP contribution in [0.15, 0.2) is 25.3 Å². The summed E-state index contributed by atoms with van der Waals surface area (Å²) < 4.78 is 5.61. The summed E-state index contributed by atoms with van der Waals surface area (Å²) in [5, 5.41) is 3.16. The van der Waals surface area contributed by atoms with Gasteiger partial charge >= 0.3 is 0 Å². The maximum atomic E-state index is 12.6. The van der Waals surface area contributed by atoms with Crippen molar-refractivity contribution in [3.05, 3.63) is 25.3 Å². The van der Waals surface area contributed by atoms with Gasteiger partial charge in [0.25, 0.3) is 0 Å². The summed E-state index contributed by atoms with van der Waals surface area (Å²) in [7, 11) is 0. The van der Waals surface area contributed by atoms with Gasteiger partial charge in [0.15, 0.2) is 0 Å². The predicted molar refractivity (Wildman–Crippen MR) is 88.9 cm³/mol. The van der Waals surface area contributed by atoms with Crippen LogP contribution in [0.4, 0.5) is 0 Å². The lowest BCUT2D eigenvalue weighted by atomic mass is 10.1. The second-order valence-electron chi connectivity index (χ2n) is 6.01. The normalized spacial score (nSPS) is 24.5. The second-order valence-corrected chi connectivity index (χ2v) is 6.01. The van der Waals surface area contributed by atoms with E-state index < -0.39 is 6.04 Å². The van der Waals surface area contributed by atoms with Gasteiger partial charge in [-0.05, 0) is 12.8 Å². The highest BCUT2D eigenvalue weighted by molar-refractivity contribution is 5.89. The Kier molecular flexibility index (Phi) is 6.80. The molecule has 1 N–H and O–H groups in total. The highest BCUT2D eigenvalue weighted by atomic mass is 16.5. The van der Waals surface area contributed by atoms with Crippen LogP contribution in [0.25, 0.3) is 0 Å². The maximum absolute atomic E-state index is 12.6. The van der Waals surface area contributed by atoms with Crippen molar-refractivity contribution in [3.8, 4) is 0 Å². The number of ether oxygens (including phenoxy) is 1. The molecule has 0 radical (unpaired) electrons. The molecule has 2 aliphatic heterocycles. The first-order valence-corrected chi connectivity index (χ1v) is 8.29. The number of nitrogens with one attached hydrogen (secondary N) is 1. The Balaban J connectivity index is 1.90. The van der Waals surface area contributed by atoms with Crippen LogP contribution >= 0.6 is 0 Å². The monoisotopic (exact) mass is 321 g/mol. The number of carbonyl (C=O) groups excluding carboxylic acids is 2. The van der Waals surface area contributed by atoms with Gasteiger partial charge in [0.2, 0.25) is 11.8 Å². The average molecular weight is 321 g/mol. The van der Waals surface area contributed by atoms with Gasteiger partial charge in [-0.1, -0.05) is 12.2 Å². The van der Waals surface area contributed by atoms with Crippen molar-refractivity contribution in [2.45, 2.75) is 31.4 Å².